The Balaban J connectivity index is 1.64. The van der Waals surface area contributed by atoms with E-state index in [1.165, 1.54) is 18.5 Å². The minimum absolute atomic E-state index is 0.681. The van der Waals surface area contributed by atoms with E-state index in [4.69, 9.17) is 4.74 Å². The monoisotopic (exact) mass is 243 g/mol. The predicted octanol–water partition coefficient (Wildman–Crippen LogP) is 2.84. The third kappa shape index (κ3) is 2.32. The van der Waals surface area contributed by atoms with Gasteiger partial charge in [0.25, 0.3) is 0 Å². The molecule has 3 rings (SSSR count). The summed E-state index contributed by atoms with van der Waals surface area (Å²) in [5.74, 6) is 0.878. The molecule has 1 aliphatic carbocycles. The summed E-state index contributed by atoms with van der Waals surface area (Å²) >= 11 is 0. The summed E-state index contributed by atoms with van der Waals surface area (Å²) in [7, 11) is 1.68. The quantitative estimate of drug-likeness (QED) is 0.877. The molecule has 0 amide bonds. The minimum Gasteiger partial charge on any atom is -0.497 e. The van der Waals surface area contributed by atoms with Crippen LogP contribution in [0.3, 0.4) is 0 Å². The van der Waals surface area contributed by atoms with Gasteiger partial charge in [-0.3, -0.25) is 0 Å². The Morgan fingerprint density at radius 1 is 1.33 bits per heavy atom. The molecule has 4 heteroatoms. The van der Waals surface area contributed by atoms with Crippen molar-refractivity contribution in [1.82, 2.24) is 9.55 Å². The van der Waals surface area contributed by atoms with Crippen LogP contribution in [-0.4, -0.2) is 16.7 Å². The average Bonchev–Trinajstić information content (AvgIpc) is 3.16. The molecule has 0 saturated heterocycles. The number of ether oxygens (including phenoxy) is 1. The minimum atomic E-state index is 0.681. The van der Waals surface area contributed by atoms with Crippen molar-refractivity contribution in [2.24, 2.45) is 0 Å². The van der Waals surface area contributed by atoms with Crippen LogP contribution >= 0.6 is 0 Å². The molecule has 4 nitrogen and oxygen atoms in total. The molecule has 0 atom stereocenters. The van der Waals surface area contributed by atoms with Crippen LogP contribution in [0.5, 0.6) is 5.75 Å². The normalized spacial score (nSPS) is 14.5. The Morgan fingerprint density at radius 3 is 2.78 bits per heavy atom. The summed E-state index contributed by atoms with van der Waals surface area (Å²) in [6.07, 6.45) is 6.44. The Kier molecular flexibility index (Phi) is 2.92. The van der Waals surface area contributed by atoms with Crippen molar-refractivity contribution < 1.29 is 4.74 Å². The molecule has 1 fully saturated rings. The van der Waals surface area contributed by atoms with Crippen LogP contribution in [0.4, 0.5) is 5.69 Å². The maximum atomic E-state index is 5.14. The Bertz CT molecular complexity index is 514. The van der Waals surface area contributed by atoms with E-state index < -0.39 is 0 Å². The van der Waals surface area contributed by atoms with Crippen LogP contribution in [0.25, 0.3) is 0 Å². The van der Waals surface area contributed by atoms with Crippen LogP contribution in [-0.2, 0) is 6.54 Å². The van der Waals surface area contributed by atoms with Gasteiger partial charge in [-0.05, 0) is 37.1 Å². The highest BCUT2D eigenvalue weighted by atomic mass is 16.5. The van der Waals surface area contributed by atoms with Gasteiger partial charge in [-0.15, -0.1) is 0 Å². The van der Waals surface area contributed by atoms with Gasteiger partial charge in [-0.25, -0.2) is 4.98 Å². The average molecular weight is 243 g/mol. The standard InChI is InChI=1S/C14H17N3O/c1-18-14-6-2-11(3-7-14)16-9-13-8-15-10-17(13)12-4-5-12/h2-3,6-8,10,12,16H,4-5,9H2,1H3. The van der Waals surface area contributed by atoms with Crippen molar-refractivity contribution in [2.75, 3.05) is 12.4 Å². The van der Waals surface area contributed by atoms with E-state index in [9.17, 15) is 0 Å². The smallest absolute Gasteiger partial charge is 0.119 e. The lowest BCUT2D eigenvalue weighted by molar-refractivity contribution is 0.415. The number of hydrogen-bond donors (Lipinski definition) is 1. The first-order valence-electron chi connectivity index (χ1n) is 6.25. The molecule has 1 heterocycles. The maximum Gasteiger partial charge on any atom is 0.119 e. The number of methoxy groups -OCH3 is 1. The van der Waals surface area contributed by atoms with Gasteiger partial charge >= 0.3 is 0 Å². The number of nitrogens with one attached hydrogen (secondary N) is 1. The van der Waals surface area contributed by atoms with Crippen molar-refractivity contribution in [3.63, 3.8) is 0 Å². The van der Waals surface area contributed by atoms with Crippen molar-refractivity contribution in [3.05, 3.63) is 42.5 Å². The molecule has 0 radical (unpaired) electrons. The number of imidazole rings is 1. The highest BCUT2D eigenvalue weighted by molar-refractivity contribution is 5.46. The van der Waals surface area contributed by atoms with E-state index in [2.05, 4.69) is 14.9 Å². The van der Waals surface area contributed by atoms with E-state index in [1.54, 1.807) is 7.11 Å². The molecule has 0 spiro atoms. The molecule has 0 aliphatic heterocycles. The molecule has 2 aromatic rings. The first-order valence-corrected chi connectivity index (χ1v) is 6.25. The summed E-state index contributed by atoms with van der Waals surface area (Å²) in [5.41, 5.74) is 2.34. The zero-order valence-electron chi connectivity index (χ0n) is 10.5. The van der Waals surface area contributed by atoms with Crippen LogP contribution in [0, 0.1) is 0 Å². The van der Waals surface area contributed by atoms with Gasteiger partial charge in [-0.2, -0.15) is 0 Å². The van der Waals surface area contributed by atoms with E-state index in [-0.39, 0.29) is 0 Å². The molecule has 1 saturated carbocycles. The largest absolute Gasteiger partial charge is 0.497 e. The van der Waals surface area contributed by atoms with Gasteiger partial charge in [0.1, 0.15) is 5.75 Å². The Morgan fingerprint density at radius 2 is 2.11 bits per heavy atom. The Hall–Kier alpha value is -1.97. The van der Waals surface area contributed by atoms with Gasteiger partial charge in [0.15, 0.2) is 0 Å². The number of nitrogens with zero attached hydrogens (tertiary/aromatic N) is 2. The van der Waals surface area contributed by atoms with Crippen molar-refractivity contribution in [3.8, 4) is 5.75 Å². The predicted molar refractivity (Wildman–Crippen MR) is 70.8 cm³/mol. The number of rotatable bonds is 5. The summed E-state index contributed by atoms with van der Waals surface area (Å²) in [4.78, 5) is 4.23. The van der Waals surface area contributed by atoms with Gasteiger partial charge in [0.05, 0.1) is 25.7 Å². The number of aromatic nitrogens is 2. The molecule has 1 aromatic carbocycles. The fourth-order valence-electron chi connectivity index (χ4n) is 2.05. The van der Waals surface area contributed by atoms with E-state index >= 15 is 0 Å². The lowest BCUT2D eigenvalue weighted by atomic mass is 10.3. The maximum absolute atomic E-state index is 5.14. The van der Waals surface area contributed by atoms with Crippen molar-refractivity contribution >= 4 is 5.69 Å². The molecule has 1 N–H and O–H groups in total. The lowest BCUT2D eigenvalue weighted by Crippen LogP contribution is -2.05. The SMILES string of the molecule is COc1ccc(NCc2cncn2C2CC2)cc1. The zero-order chi connectivity index (χ0) is 12.4. The lowest BCUT2D eigenvalue weighted by Gasteiger charge is -2.09. The fourth-order valence-corrected chi connectivity index (χ4v) is 2.05. The fraction of sp³-hybridized carbons (Fsp3) is 0.357. The third-order valence-corrected chi connectivity index (χ3v) is 3.25. The molecule has 1 aliphatic rings. The molecule has 0 unspecified atom stereocenters. The highest BCUT2D eigenvalue weighted by Gasteiger charge is 2.24. The van der Waals surface area contributed by atoms with E-state index in [0.29, 0.717) is 6.04 Å². The number of hydrogen-bond acceptors (Lipinski definition) is 3. The molecule has 0 bridgehead atoms. The summed E-state index contributed by atoms with van der Waals surface area (Å²) in [6, 6.07) is 8.65. The second-order valence-electron chi connectivity index (χ2n) is 4.61. The molecule has 94 valence electrons. The summed E-state index contributed by atoms with van der Waals surface area (Å²) in [6.45, 7) is 0.808. The van der Waals surface area contributed by atoms with Crippen LogP contribution in [0.2, 0.25) is 0 Å². The Labute approximate surface area is 107 Å². The third-order valence-electron chi connectivity index (χ3n) is 3.25. The molecule has 1 aromatic heterocycles. The molecular formula is C14H17N3O. The number of anilines is 1. The topological polar surface area (TPSA) is 39.1 Å². The van der Waals surface area contributed by atoms with Crippen molar-refractivity contribution in [2.45, 2.75) is 25.4 Å². The van der Waals surface area contributed by atoms with Gasteiger partial charge in [0.2, 0.25) is 0 Å². The molecular weight excluding hydrogens is 226 g/mol. The second-order valence-corrected chi connectivity index (χ2v) is 4.61. The zero-order valence-corrected chi connectivity index (χ0v) is 10.5. The first kappa shape index (κ1) is 11.1. The number of benzene rings is 1. The molecule has 18 heavy (non-hydrogen) atoms. The summed E-state index contributed by atoms with van der Waals surface area (Å²) < 4.78 is 7.41. The second kappa shape index (κ2) is 4.72. The van der Waals surface area contributed by atoms with Gasteiger partial charge in [0, 0.05) is 17.9 Å². The first-order chi connectivity index (χ1) is 8.86. The van der Waals surface area contributed by atoms with Gasteiger partial charge in [-0.1, -0.05) is 0 Å². The van der Waals surface area contributed by atoms with Crippen LogP contribution in [0.15, 0.2) is 36.8 Å². The highest BCUT2D eigenvalue weighted by Crippen LogP contribution is 2.35. The van der Waals surface area contributed by atoms with Gasteiger partial charge < -0.3 is 14.6 Å². The van der Waals surface area contributed by atoms with Crippen LogP contribution in [0.1, 0.15) is 24.6 Å². The van der Waals surface area contributed by atoms with Crippen molar-refractivity contribution in [1.29, 1.82) is 0 Å². The van der Waals surface area contributed by atoms with Crippen LogP contribution < -0.4 is 10.1 Å². The summed E-state index contributed by atoms with van der Waals surface area (Å²) in [5, 5.41) is 3.41. The van der Waals surface area contributed by atoms with E-state index in [1.807, 2.05) is 36.8 Å². The van der Waals surface area contributed by atoms with E-state index in [0.717, 1.165) is 18.0 Å².